The molecule has 4 aromatic rings. The predicted octanol–water partition coefficient (Wildman–Crippen LogP) is 16.4. The van der Waals surface area contributed by atoms with Gasteiger partial charge in [-0.25, -0.2) is 0 Å². The zero-order valence-electron chi connectivity index (χ0n) is 35.1. The minimum absolute atomic E-state index is 0.119. The van der Waals surface area contributed by atoms with Crippen molar-refractivity contribution < 1.29 is 15.6 Å². The Morgan fingerprint density at radius 3 is 1.25 bits per heavy atom. The summed E-state index contributed by atoms with van der Waals surface area (Å²) in [7, 11) is 18.3. The minimum atomic E-state index is -5.04. The number of benzene rings is 4. The van der Waals surface area contributed by atoms with Gasteiger partial charge < -0.3 is 0 Å². The molecule has 56 heavy (non-hydrogen) atoms. The molecule has 4 heteroatoms. The van der Waals surface area contributed by atoms with Crippen LogP contribution in [-0.4, -0.2) is 5.92 Å². The third-order valence-electron chi connectivity index (χ3n) is 15.8. The Morgan fingerprint density at radius 1 is 0.554 bits per heavy atom. The van der Waals surface area contributed by atoms with E-state index in [9.17, 15) is 0 Å². The van der Waals surface area contributed by atoms with E-state index in [1.165, 1.54) is 120 Å². The predicted molar refractivity (Wildman–Crippen MR) is 246 cm³/mol. The van der Waals surface area contributed by atoms with Gasteiger partial charge in [-0.3, -0.25) is 0 Å². The van der Waals surface area contributed by atoms with Gasteiger partial charge in [0.05, 0.1) is 0 Å². The molecule has 8 rings (SSSR count). The molecule has 4 aliphatic rings. The van der Waals surface area contributed by atoms with Crippen molar-refractivity contribution >= 4 is 35.1 Å². The summed E-state index contributed by atoms with van der Waals surface area (Å²) in [5.74, 6) is -1.72. The van der Waals surface area contributed by atoms with Crippen LogP contribution in [0.4, 0.5) is 0 Å². The maximum absolute atomic E-state index is 9.17. The van der Waals surface area contributed by atoms with Crippen molar-refractivity contribution in [2.75, 3.05) is 0 Å². The number of rotatable bonds is 13. The second-order valence-electron chi connectivity index (χ2n) is 18.9. The molecule has 295 valence electrons. The van der Waals surface area contributed by atoms with Crippen LogP contribution in [0.1, 0.15) is 145 Å². The third kappa shape index (κ3) is 6.91. The van der Waals surface area contributed by atoms with Crippen LogP contribution in [-0.2, 0) is 28.4 Å². The van der Waals surface area contributed by atoms with Crippen molar-refractivity contribution in [3.8, 4) is 22.3 Å². The molecule has 0 saturated heterocycles. The zero-order valence-corrected chi connectivity index (χ0v) is 40.2. The molecule has 0 N–H and O–H groups in total. The molecule has 0 bridgehead atoms. The molecule has 4 aromatic carbocycles. The Kier molecular flexibility index (Phi) is 11.6. The Hall–Kier alpha value is -1.96. The van der Waals surface area contributed by atoms with Crippen molar-refractivity contribution in [2.24, 2.45) is 10.8 Å². The Morgan fingerprint density at radius 2 is 0.929 bits per heavy atom. The van der Waals surface area contributed by atoms with Crippen molar-refractivity contribution in [2.45, 2.75) is 138 Å². The van der Waals surface area contributed by atoms with Gasteiger partial charge >= 0.3 is 351 Å². The summed E-state index contributed by atoms with van der Waals surface area (Å²) in [5, 5.41) is 0. The number of allylic oxidation sites excluding steroid dienone is 2. The van der Waals surface area contributed by atoms with Gasteiger partial charge in [0.15, 0.2) is 0 Å². The number of hydrogen-bond acceptors (Lipinski definition) is 0. The number of fused-ring (bicyclic) bond motifs is 2. The SMILES string of the molecule is CCc1ccc(-c2cccc3c2C=C(CC2(CC)CCCC2)[CH]3[Zr]([Cl])([Cl])([CH]2C(CC3(CC)CCCC3)=Cc3c(-c4ccc(CC)cc4)cccc32)[SiH](C)C)cc1. The zero-order chi connectivity index (χ0) is 39.3. The van der Waals surface area contributed by atoms with Crippen LogP contribution in [0.15, 0.2) is 96.1 Å². The number of aryl methyl sites for hydroxylation is 2. The fourth-order valence-corrected chi connectivity index (χ4v) is 43.4. The van der Waals surface area contributed by atoms with E-state index >= 15 is 0 Å². The van der Waals surface area contributed by atoms with Crippen molar-refractivity contribution in [1.29, 1.82) is 0 Å². The fourth-order valence-electron chi connectivity index (χ4n) is 12.1. The molecule has 0 aliphatic heterocycles. The average Bonchev–Trinajstić information content (AvgIpc) is 4.04. The van der Waals surface area contributed by atoms with Crippen LogP contribution in [0, 0.1) is 10.8 Å². The van der Waals surface area contributed by atoms with E-state index < -0.39 is 21.5 Å². The van der Waals surface area contributed by atoms with Gasteiger partial charge in [-0.1, -0.05) is 0 Å². The molecule has 2 unspecified atom stereocenters. The molecule has 0 heterocycles. The standard InChI is InChI=1S/2C25H29.C2H7Si.2ClH.Zr/c2*1-3-19-10-12-21(13-11-19)23-9-7-8-22-16-20(17-24(22)23)18-25(4-2)14-5-6-15-25;1-3-2;;;/h2*7-13,16-17H,3-6,14-15,18H2,1-2H3;3H,1-2H3;2*1H;/q;;;;;+2/p-2. The van der Waals surface area contributed by atoms with Crippen LogP contribution in [0.5, 0.6) is 0 Å². The first kappa shape index (κ1) is 40.8. The molecule has 4 aliphatic carbocycles. The van der Waals surface area contributed by atoms with Gasteiger partial charge in [-0.05, 0) is 0 Å². The normalized spacial score (nSPS) is 21.8. The van der Waals surface area contributed by atoms with Gasteiger partial charge in [-0.2, -0.15) is 0 Å². The summed E-state index contributed by atoms with van der Waals surface area (Å²) in [6, 6.07) is 32.9. The van der Waals surface area contributed by atoms with E-state index in [1.807, 2.05) is 0 Å². The van der Waals surface area contributed by atoms with E-state index in [-0.39, 0.29) is 7.25 Å². The topological polar surface area (TPSA) is 0 Å². The summed E-state index contributed by atoms with van der Waals surface area (Å²) in [4.78, 5) is 0. The van der Waals surface area contributed by atoms with E-state index in [0.717, 1.165) is 25.7 Å². The quantitative estimate of drug-likeness (QED) is 0.117. The van der Waals surface area contributed by atoms with Crippen LogP contribution in [0.3, 0.4) is 0 Å². The van der Waals surface area contributed by atoms with Crippen LogP contribution in [0.2, 0.25) is 13.1 Å². The molecule has 0 amide bonds. The molecule has 0 nitrogen and oxygen atoms in total. The first-order chi connectivity index (χ1) is 27.0. The summed E-state index contributed by atoms with van der Waals surface area (Å²) >= 11 is -5.04. The van der Waals surface area contributed by atoms with Crippen molar-refractivity contribution in [1.82, 2.24) is 0 Å². The number of hydrogen-bond donors (Lipinski definition) is 0. The molecule has 2 saturated carbocycles. The summed E-state index contributed by atoms with van der Waals surface area (Å²) < 4.78 is 0.238. The van der Waals surface area contributed by atoms with Crippen LogP contribution >= 0.6 is 17.0 Å². The Labute approximate surface area is 348 Å². The van der Waals surface area contributed by atoms with Crippen LogP contribution < -0.4 is 0 Å². The Bertz CT molecular complexity index is 1980. The first-order valence-electron chi connectivity index (χ1n) is 22.4. The fraction of sp³-hybridized carbons (Fsp3) is 0.462. The average molecular weight is 880 g/mol. The molecule has 2 atom stereocenters. The summed E-state index contributed by atoms with van der Waals surface area (Å²) in [6.45, 7) is 14.5. The van der Waals surface area contributed by atoms with Gasteiger partial charge in [-0.15, -0.1) is 0 Å². The second kappa shape index (κ2) is 15.9. The van der Waals surface area contributed by atoms with Crippen molar-refractivity contribution in [3.63, 3.8) is 0 Å². The van der Waals surface area contributed by atoms with Gasteiger partial charge in [0.2, 0.25) is 0 Å². The molecular formula is C52H65Cl2SiZr. The van der Waals surface area contributed by atoms with E-state index in [2.05, 4.69) is 138 Å². The summed E-state index contributed by atoms with van der Waals surface area (Å²) in [5.41, 5.74) is 17.5. The van der Waals surface area contributed by atoms with Crippen LogP contribution in [0.25, 0.3) is 34.4 Å². The molecule has 2 fully saturated rings. The van der Waals surface area contributed by atoms with E-state index in [0.29, 0.717) is 10.8 Å². The Balaban J connectivity index is 1.36. The first-order valence-corrected chi connectivity index (χ1v) is 38.7. The van der Waals surface area contributed by atoms with E-state index in [1.54, 1.807) is 11.1 Å². The summed E-state index contributed by atoms with van der Waals surface area (Å²) in [6.07, 6.45) is 22.7. The maximum atomic E-state index is 9.17. The van der Waals surface area contributed by atoms with Gasteiger partial charge in [0.25, 0.3) is 0 Å². The van der Waals surface area contributed by atoms with Crippen molar-refractivity contribution in [3.05, 3.63) is 129 Å². The molecule has 0 radical (unpaired) electrons. The second-order valence-corrected chi connectivity index (χ2v) is 61.4. The van der Waals surface area contributed by atoms with Gasteiger partial charge in [0, 0.05) is 0 Å². The molecule has 0 aromatic heterocycles. The molecular weight excluding hydrogens is 815 g/mol. The third-order valence-corrected chi connectivity index (χ3v) is 67.7. The monoisotopic (exact) mass is 877 g/mol. The number of halogens is 2. The van der Waals surface area contributed by atoms with E-state index in [4.69, 9.17) is 17.0 Å². The molecule has 0 spiro atoms. The van der Waals surface area contributed by atoms with Gasteiger partial charge in [0.1, 0.15) is 0 Å².